The van der Waals surface area contributed by atoms with E-state index in [1.54, 1.807) is 0 Å². The van der Waals surface area contributed by atoms with Crippen molar-refractivity contribution in [1.82, 2.24) is 5.32 Å². The molecule has 7 heteroatoms. The van der Waals surface area contributed by atoms with E-state index < -0.39 is 23.8 Å². The lowest BCUT2D eigenvalue weighted by Crippen LogP contribution is -2.43. The minimum atomic E-state index is -4.48. The van der Waals surface area contributed by atoms with E-state index in [1.807, 2.05) is 30.3 Å². The molecule has 144 valence electrons. The van der Waals surface area contributed by atoms with E-state index in [-0.39, 0.29) is 24.3 Å². The molecule has 0 spiro atoms. The van der Waals surface area contributed by atoms with Crippen LogP contribution >= 0.6 is 0 Å². The molecule has 27 heavy (non-hydrogen) atoms. The molecule has 2 rings (SSSR count). The van der Waals surface area contributed by atoms with Gasteiger partial charge < -0.3 is 10.1 Å². The summed E-state index contributed by atoms with van der Waals surface area (Å²) in [5, 5.41) is 2.55. The van der Waals surface area contributed by atoms with Crippen molar-refractivity contribution in [1.29, 1.82) is 0 Å². The van der Waals surface area contributed by atoms with Gasteiger partial charge in [-0.25, -0.2) is 4.79 Å². The van der Waals surface area contributed by atoms with Crippen LogP contribution in [0.15, 0.2) is 54.6 Å². The summed E-state index contributed by atoms with van der Waals surface area (Å²) in [5.41, 5.74) is 0.447. The molecule has 0 fully saturated rings. The number of benzene rings is 2. The molecule has 0 aliphatic heterocycles. The molecule has 0 bridgehead atoms. The first-order valence-electron chi connectivity index (χ1n) is 8.37. The van der Waals surface area contributed by atoms with Gasteiger partial charge in [-0.3, -0.25) is 4.79 Å². The molecule has 4 nitrogen and oxygen atoms in total. The average Bonchev–Trinajstić information content (AvgIpc) is 2.65. The number of carbonyl (C=O) groups excluding carboxylic acids is 2. The number of carbonyl (C=O) groups is 2. The highest BCUT2D eigenvalue weighted by atomic mass is 19.4. The van der Waals surface area contributed by atoms with Crippen molar-refractivity contribution >= 4 is 11.9 Å². The van der Waals surface area contributed by atoms with Crippen molar-refractivity contribution in [2.45, 2.75) is 31.5 Å². The summed E-state index contributed by atoms with van der Waals surface area (Å²) in [6.07, 6.45) is -3.92. The average molecular weight is 379 g/mol. The van der Waals surface area contributed by atoms with Crippen molar-refractivity contribution in [3.8, 4) is 0 Å². The molecular formula is C20H20F3NO3. The molecule has 2 aromatic carbocycles. The molecule has 2 aromatic rings. The van der Waals surface area contributed by atoms with Crippen molar-refractivity contribution in [3.63, 3.8) is 0 Å². The van der Waals surface area contributed by atoms with Gasteiger partial charge in [0.2, 0.25) is 5.91 Å². The first-order chi connectivity index (χ1) is 12.8. The largest absolute Gasteiger partial charge is 0.467 e. The normalized spacial score (nSPS) is 12.3. The molecule has 1 N–H and O–H groups in total. The Hall–Kier alpha value is -2.83. The topological polar surface area (TPSA) is 55.4 Å². The first-order valence-corrected chi connectivity index (χ1v) is 8.37. The number of ether oxygens (including phenoxy) is 1. The molecule has 0 aliphatic rings. The van der Waals surface area contributed by atoms with E-state index >= 15 is 0 Å². The van der Waals surface area contributed by atoms with E-state index in [0.29, 0.717) is 6.42 Å². The van der Waals surface area contributed by atoms with Crippen molar-refractivity contribution in [3.05, 3.63) is 71.3 Å². The number of methoxy groups -OCH3 is 1. The van der Waals surface area contributed by atoms with Crippen LogP contribution in [0.4, 0.5) is 13.2 Å². The van der Waals surface area contributed by atoms with Crippen LogP contribution in [0.5, 0.6) is 0 Å². The van der Waals surface area contributed by atoms with Crippen LogP contribution in [0.1, 0.15) is 23.1 Å². The fraction of sp³-hybridized carbons (Fsp3) is 0.300. The molecule has 0 aliphatic carbocycles. The quantitative estimate of drug-likeness (QED) is 0.749. The van der Waals surface area contributed by atoms with Crippen LogP contribution in [-0.2, 0) is 33.3 Å². The van der Waals surface area contributed by atoms with Gasteiger partial charge in [0.15, 0.2) is 0 Å². The summed E-state index contributed by atoms with van der Waals surface area (Å²) in [6.45, 7) is 0. The number of hydrogen-bond donors (Lipinski definition) is 1. The third-order valence-corrected chi connectivity index (χ3v) is 4.00. The number of nitrogens with one attached hydrogen (secondary N) is 1. The van der Waals surface area contributed by atoms with Crippen LogP contribution in [0.3, 0.4) is 0 Å². The Morgan fingerprint density at radius 3 is 2.33 bits per heavy atom. The predicted molar refractivity (Wildman–Crippen MR) is 93.9 cm³/mol. The van der Waals surface area contributed by atoms with Gasteiger partial charge >= 0.3 is 12.1 Å². The Morgan fingerprint density at radius 1 is 1.04 bits per heavy atom. The van der Waals surface area contributed by atoms with E-state index in [2.05, 4.69) is 10.1 Å². The van der Waals surface area contributed by atoms with Gasteiger partial charge in [0.1, 0.15) is 6.04 Å². The van der Waals surface area contributed by atoms with Crippen molar-refractivity contribution < 1.29 is 27.5 Å². The zero-order chi connectivity index (χ0) is 19.9. The molecule has 1 amide bonds. The molecule has 0 heterocycles. The zero-order valence-electron chi connectivity index (χ0n) is 14.8. The summed E-state index contributed by atoms with van der Waals surface area (Å²) < 4.78 is 43.2. The maximum absolute atomic E-state index is 12.8. The third-order valence-electron chi connectivity index (χ3n) is 4.00. The highest BCUT2D eigenvalue weighted by Crippen LogP contribution is 2.29. The lowest BCUT2D eigenvalue weighted by molar-refractivity contribution is -0.145. The van der Waals surface area contributed by atoms with Crippen LogP contribution in [-0.4, -0.2) is 25.0 Å². The number of aryl methyl sites for hydroxylation is 1. The van der Waals surface area contributed by atoms with Gasteiger partial charge in [-0.15, -0.1) is 0 Å². The minimum Gasteiger partial charge on any atom is -0.467 e. The Bertz CT molecular complexity index is 776. The Balaban J connectivity index is 2.03. The first kappa shape index (κ1) is 20.5. The maximum atomic E-state index is 12.8. The van der Waals surface area contributed by atoms with Gasteiger partial charge in [0, 0.05) is 12.8 Å². The van der Waals surface area contributed by atoms with Crippen LogP contribution < -0.4 is 5.32 Å². The van der Waals surface area contributed by atoms with Crippen LogP contribution in [0, 0.1) is 0 Å². The van der Waals surface area contributed by atoms with Crippen LogP contribution in [0.2, 0.25) is 0 Å². The fourth-order valence-electron chi connectivity index (χ4n) is 2.61. The molecule has 0 radical (unpaired) electrons. The zero-order valence-corrected chi connectivity index (χ0v) is 14.8. The summed E-state index contributed by atoms with van der Waals surface area (Å²) in [6, 6.07) is 13.0. The van der Waals surface area contributed by atoms with E-state index in [1.165, 1.54) is 12.1 Å². The second-order valence-electron chi connectivity index (χ2n) is 6.03. The number of alkyl halides is 3. The third kappa shape index (κ3) is 6.44. The van der Waals surface area contributed by atoms with E-state index in [0.717, 1.165) is 24.8 Å². The number of amides is 1. The Morgan fingerprint density at radius 2 is 1.70 bits per heavy atom. The maximum Gasteiger partial charge on any atom is 0.416 e. The number of rotatable bonds is 7. The Kier molecular flexibility index (Phi) is 6.98. The van der Waals surface area contributed by atoms with E-state index in [4.69, 9.17) is 0 Å². The lowest BCUT2D eigenvalue weighted by Gasteiger charge is -2.17. The summed E-state index contributed by atoms with van der Waals surface area (Å²) in [5.74, 6) is -1.08. The van der Waals surface area contributed by atoms with Gasteiger partial charge in [0.05, 0.1) is 12.7 Å². The second-order valence-corrected chi connectivity index (χ2v) is 6.03. The van der Waals surface area contributed by atoms with E-state index in [9.17, 15) is 22.8 Å². The molecular weight excluding hydrogens is 359 g/mol. The number of esters is 1. The standard InChI is InChI=1S/C20H20F3NO3/c1-27-19(26)17(13-15-8-5-9-16(12-15)20(21,22)23)24-18(25)11-10-14-6-3-2-4-7-14/h2-9,12,17H,10-11,13H2,1H3,(H,24,25)/t17-/m0/s1. The predicted octanol–water partition coefficient (Wildman–Crippen LogP) is 3.54. The molecule has 0 saturated carbocycles. The summed E-state index contributed by atoms with van der Waals surface area (Å²) >= 11 is 0. The van der Waals surface area contributed by atoms with Crippen molar-refractivity contribution in [2.24, 2.45) is 0 Å². The summed E-state index contributed by atoms with van der Waals surface area (Å²) in [7, 11) is 1.16. The monoisotopic (exact) mass is 379 g/mol. The highest BCUT2D eigenvalue weighted by Gasteiger charge is 2.31. The van der Waals surface area contributed by atoms with Gasteiger partial charge in [-0.05, 0) is 23.6 Å². The summed E-state index contributed by atoms with van der Waals surface area (Å²) in [4.78, 5) is 24.1. The number of hydrogen-bond acceptors (Lipinski definition) is 3. The smallest absolute Gasteiger partial charge is 0.416 e. The van der Waals surface area contributed by atoms with Crippen molar-refractivity contribution in [2.75, 3.05) is 7.11 Å². The van der Waals surface area contributed by atoms with Crippen LogP contribution in [0.25, 0.3) is 0 Å². The SMILES string of the molecule is COC(=O)[C@H](Cc1cccc(C(F)(F)F)c1)NC(=O)CCc1ccccc1. The highest BCUT2D eigenvalue weighted by molar-refractivity contribution is 5.84. The van der Waals surface area contributed by atoms with Gasteiger partial charge in [-0.2, -0.15) is 13.2 Å². The lowest BCUT2D eigenvalue weighted by atomic mass is 10.0. The Labute approximate surface area is 155 Å². The second kappa shape index (κ2) is 9.21. The fourth-order valence-corrected chi connectivity index (χ4v) is 2.61. The molecule has 1 atom stereocenters. The molecule has 0 unspecified atom stereocenters. The van der Waals surface area contributed by atoms with Gasteiger partial charge in [-0.1, -0.05) is 48.5 Å². The molecule has 0 saturated heterocycles. The van der Waals surface area contributed by atoms with Gasteiger partial charge in [0.25, 0.3) is 0 Å². The number of halogens is 3. The minimum absolute atomic E-state index is 0.0896. The molecule has 0 aromatic heterocycles.